The van der Waals surface area contributed by atoms with Gasteiger partial charge in [-0.2, -0.15) is 0 Å². The second-order valence-electron chi connectivity index (χ2n) is 4.86. The van der Waals surface area contributed by atoms with Crippen molar-refractivity contribution in [1.29, 1.82) is 0 Å². The van der Waals surface area contributed by atoms with Crippen LogP contribution in [-0.4, -0.2) is 58.8 Å². The van der Waals surface area contributed by atoms with Crippen LogP contribution < -0.4 is 5.32 Å². The minimum Gasteiger partial charge on any atom is -0.327 e. The highest BCUT2D eigenvalue weighted by atomic mass is 16.2. The molecule has 3 heterocycles. The summed E-state index contributed by atoms with van der Waals surface area (Å²) in [6, 6.07) is 3.41. The predicted molar refractivity (Wildman–Crippen MR) is 68.0 cm³/mol. The maximum absolute atomic E-state index is 12.4. The Balaban J connectivity index is 1.76. The number of fused-ring (bicyclic) bond motifs is 1. The Labute approximate surface area is 111 Å². The van der Waals surface area contributed by atoms with Crippen molar-refractivity contribution in [2.45, 2.75) is 12.6 Å². The number of aromatic nitrogens is 1. The van der Waals surface area contributed by atoms with Gasteiger partial charge in [-0.05, 0) is 11.6 Å². The van der Waals surface area contributed by atoms with Crippen LogP contribution in [0.5, 0.6) is 0 Å². The molecule has 3 rings (SSSR count). The van der Waals surface area contributed by atoms with E-state index in [-0.39, 0.29) is 24.4 Å². The maximum Gasteiger partial charge on any atom is 0.247 e. The molecule has 1 unspecified atom stereocenters. The molecule has 0 spiro atoms. The highest BCUT2D eigenvalue weighted by molar-refractivity contribution is 5.95. The molecule has 1 atom stereocenters. The molecule has 2 amide bonds. The van der Waals surface area contributed by atoms with Crippen molar-refractivity contribution in [3.63, 3.8) is 0 Å². The molecule has 2 saturated heterocycles. The average Bonchev–Trinajstić information content (AvgIpc) is 2.46. The summed E-state index contributed by atoms with van der Waals surface area (Å²) in [7, 11) is 0. The molecule has 6 heteroatoms. The fourth-order valence-corrected chi connectivity index (χ4v) is 2.61. The van der Waals surface area contributed by atoms with Crippen LogP contribution in [-0.2, 0) is 16.1 Å². The quantitative estimate of drug-likeness (QED) is 0.758. The Morgan fingerprint density at radius 3 is 3.11 bits per heavy atom. The minimum absolute atomic E-state index is 0.0238. The number of hydrogen-bond acceptors (Lipinski definition) is 4. The summed E-state index contributed by atoms with van der Waals surface area (Å²) in [5.74, 6) is 0.0608. The van der Waals surface area contributed by atoms with Crippen molar-refractivity contribution >= 4 is 11.8 Å². The first-order valence-corrected chi connectivity index (χ1v) is 6.43. The first-order valence-electron chi connectivity index (χ1n) is 6.43. The molecule has 2 fully saturated rings. The molecule has 0 saturated carbocycles. The highest BCUT2D eigenvalue weighted by Gasteiger charge is 2.40. The van der Waals surface area contributed by atoms with E-state index in [1.165, 1.54) is 0 Å². The lowest BCUT2D eigenvalue weighted by Crippen LogP contribution is -2.66. The van der Waals surface area contributed by atoms with E-state index in [0.717, 1.165) is 12.1 Å². The number of nitrogens with one attached hydrogen (secondary N) is 1. The standard InChI is InChI=1S/C13H16N4O2/c18-12-9-16(8-10-2-1-3-14-6-10)13(19)11-7-15-4-5-17(11)12/h1-3,6,11,15H,4-5,7-9H2. The molecule has 0 bridgehead atoms. The normalized spacial score (nSPS) is 23.5. The summed E-state index contributed by atoms with van der Waals surface area (Å²) in [6.45, 7) is 2.55. The van der Waals surface area contributed by atoms with E-state index in [0.29, 0.717) is 19.6 Å². The number of amides is 2. The molecule has 0 aliphatic carbocycles. The van der Waals surface area contributed by atoms with Crippen LogP contribution in [0.1, 0.15) is 5.56 Å². The largest absolute Gasteiger partial charge is 0.327 e. The summed E-state index contributed by atoms with van der Waals surface area (Å²) < 4.78 is 0. The zero-order valence-corrected chi connectivity index (χ0v) is 10.6. The molecule has 1 aromatic rings. The molecule has 19 heavy (non-hydrogen) atoms. The monoisotopic (exact) mass is 260 g/mol. The first kappa shape index (κ1) is 12.1. The Hall–Kier alpha value is -1.95. The van der Waals surface area contributed by atoms with Gasteiger partial charge in [0.15, 0.2) is 0 Å². The van der Waals surface area contributed by atoms with Gasteiger partial charge < -0.3 is 15.1 Å². The fourth-order valence-electron chi connectivity index (χ4n) is 2.61. The molecule has 2 aliphatic heterocycles. The average molecular weight is 260 g/mol. The Morgan fingerprint density at radius 1 is 1.42 bits per heavy atom. The second kappa shape index (κ2) is 4.97. The van der Waals surface area contributed by atoms with Crippen molar-refractivity contribution in [2.24, 2.45) is 0 Å². The zero-order valence-electron chi connectivity index (χ0n) is 10.6. The number of rotatable bonds is 2. The van der Waals surface area contributed by atoms with Gasteiger partial charge in [0.05, 0.1) is 0 Å². The number of pyridine rings is 1. The van der Waals surface area contributed by atoms with Gasteiger partial charge in [0.25, 0.3) is 0 Å². The van der Waals surface area contributed by atoms with E-state index in [2.05, 4.69) is 10.3 Å². The van der Waals surface area contributed by atoms with Crippen LogP contribution >= 0.6 is 0 Å². The summed E-state index contributed by atoms with van der Waals surface area (Å²) >= 11 is 0. The maximum atomic E-state index is 12.4. The van der Waals surface area contributed by atoms with E-state index < -0.39 is 0 Å². The Bertz CT molecular complexity index is 491. The topological polar surface area (TPSA) is 65.5 Å². The molecular weight excluding hydrogens is 244 g/mol. The van der Waals surface area contributed by atoms with E-state index in [1.54, 1.807) is 22.2 Å². The lowest BCUT2D eigenvalue weighted by Gasteiger charge is -2.42. The number of carbonyl (C=O) groups is 2. The van der Waals surface area contributed by atoms with Crippen LogP contribution in [0.2, 0.25) is 0 Å². The van der Waals surface area contributed by atoms with Crippen molar-refractivity contribution < 1.29 is 9.59 Å². The lowest BCUT2D eigenvalue weighted by molar-refractivity contribution is -0.157. The molecule has 100 valence electrons. The summed E-state index contributed by atoms with van der Waals surface area (Å²) in [4.78, 5) is 31.8. The smallest absolute Gasteiger partial charge is 0.247 e. The lowest BCUT2D eigenvalue weighted by atomic mass is 10.1. The van der Waals surface area contributed by atoms with Crippen molar-refractivity contribution in [3.8, 4) is 0 Å². The molecule has 0 radical (unpaired) electrons. The summed E-state index contributed by atoms with van der Waals surface area (Å²) in [5.41, 5.74) is 0.945. The SMILES string of the molecule is O=C1C2CNCCN2C(=O)CN1Cc1cccnc1. The third kappa shape index (κ3) is 2.31. The number of carbonyl (C=O) groups excluding carboxylic acids is 2. The highest BCUT2D eigenvalue weighted by Crippen LogP contribution is 2.16. The zero-order chi connectivity index (χ0) is 13.2. The Kier molecular flexibility index (Phi) is 3.16. The number of nitrogens with zero attached hydrogens (tertiary/aromatic N) is 3. The van der Waals surface area contributed by atoms with Crippen LogP contribution in [0.4, 0.5) is 0 Å². The van der Waals surface area contributed by atoms with Gasteiger partial charge in [0, 0.05) is 38.6 Å². The molecule has 0 aromatic carbocycles. The van der Waals surface area contributed by atoms with E-state index in [9.17, 15) is 9.59 Å². The van der Waals surface area contributed by atoms with Crippen LogP contribution in [0.3, 0.4) is 0 Å². The van der Waals surface area contributed by atoms with Gasteiger partial charge in [0.1, 0.15) is 12.6 Å². The number of hydrogen-bond donors (Lipinski definition) is 1. The van der Waals surface area contributed by atoms with Crippen molar-refractivity contribution in [3.05, 3.63) is 30.1 Å². The predicted octanol–water partition coefficient (Wildman–Crippen LogP) is -0.776. The van der Waals surface area contributed by atoms with E-state index >= 15 is 0 Å². The molecule has 2 aliphatic rings. The van der Waals surface area contributed by atoms with Crippen LogP contribution in [0, 0.1) is 0 Å². The van der Waals surface area contributed by atoms with Gasteiger partial charge in [-0.1, -0.05) is 6.07 Å². The number of piperazine rings is 2. The van der Waals surface area contributed by atoms with Crippen LogP contribution in [0.15, 0.2) is 24.5 Å². The van der Waals surface area contributed by atoms with Crippen molar-refractivity contribution in [1.82, 2.24) is 20.1 Å². The van der Waals surface area contributed by atoms with Crippen molar-refractivity contribution in [2.75, 3.05) is 26.2 Å². The second-order valence-corrected chi connectivity index (χ2v) is 4.86. The van der Waals surface area contributed by atoms with Gasteiger partial charge in [-0.15, -0.1) is 0 Å². The minimum atomic E-state index is -0.341. The van der Waals surface area contributed by atoms with Gasteiger partial charge in [0.2, 0.25) is 11.8 Å². The third-order valence-electron chi connectivity index (χ3n) is 3.58. The van der Waals surface area contributed by atoms with Gasteiger partial charge >= 0.3 is 0 Å². The fraction of sp³-hybridized carbons (Fsp3) is 0.462. The van der Waals surface area contributed by atoms with Gasteiger partial charge in [-0.3, -0.25) is 14.6 Å². The molecule has 1 N–H and O–H groups in total. The third-order valence-corrected chi connectivity index (χ3v) is 3.58. The summed E-state index contributed by atoms with van der Waals surface area (Å²) in [5, 5.41) is 3.17. The summed E-state index contributed by atoms with van der Waals surface area (Å²) in [6.07, 6.45) is 3.42. The Morgan fingerprint density at radius 2 is 2.32 bits per heavy atom. The molecule has 6 nitrogen and oxygen atoms in total. The molecule has 1 aromatic heterocycles. The molecular formula is C13H16N4O2. The van der Waals surface area contributed by atoms with Gasteiger partial charge in [-0.25, -0.2) is 0 Å². The van der Waals surface area contributed by atoms with Crippen LogP contribution in [0.25, 0.3) is 0 Å². The first-order chi connectivity index (χ1) is 9.25. The van der Waals surface area contributed by atoms with E-state index in [4.69, 9.17) is 0 Å². The van der Waals surface area contributed by atoms with E-state index in [1.807, 2.05) is 12.1 Å².